The van der Waals surface area contributed by atoms with Gasteiger partial charge in [0.25, 0.3) is 11.7 Å². The third-order valence-corrected chi connectivity index (χ3v) is 4.94. The average Bonchev–Trinajstić information content (AvgIpc) is 3.00. The zero-order chi connectivity index (χ0) is 21.3. The molecule has 2 aromatic carbocycles. The molecule has 1 aliphatic rings. The Morgan fingerprint density at radius 2 is 1.73 bits per heavy atom. The topological polar surface area (TPSA) is 90.7 Å². The first-order valence-electron chi connectivity index (χ1n) is 9.18. The second kappa shape index (κ2) is 7.79. The van der Waals surface area contributed by atoms with Crippen LogP contribution in [0.1, 0.15) is 22.7 Å². The molecule has 6 nitrogen and oxygen atoms in total. The van der Waals surface area contributed by atoms with Gasteiger partial charge in [-0.2, -0.15) is 0 Å². The number of hydrogen-bond donors (Lipinski definition) is 2. The van der Waals surface area contributed by atoms with Crippen molar-refractivity contribution in [1.29, 1.82) is 0 Å². The first kappa shape index (κ1) is 19.3. The minimum Gasteiger partial charge on any atom is -0.508 e. The second-order valence-corrected chi connectivity index (χ2v) is 6.89. The van der Waals surface area contributed by atoms with Crippen molar-refractivity contribution >= 4 is 17.4 Å². The molecule has 7 heteroatoms. The number of phenols is 1. The molecule has 0 saturated carbocycles. The van der Waals surface area contributed by atoms with Gasteiger partial charge < -0.3 is 15.1 Å². The summed E-state index contributed by atoms with van der Waals surface area (Å²) in [4.78, 5) is 31.1. The molecule has 3 aromatic rings. The smallest absolute Gasteiger partial charge is 0.295 e. The van der Waals surface area contributed by atoms with Gasteiger partial charge in [0.2, 0.25) is 0 Å². The van der Waals surface area contributed by atoms with Gasteiger partial charge in [-0.15, -0.1) is 0 Å². The van der Waals surface area contributed by atoms with E-state index in [0.29, 0.717) is 11.1 Å². The summed E-state index contributed by atoms with van der Waals surface area (Å²) in [5.74, 6) is -2.44. The van der Waals surface area contributed by atoms with Crippen LogP contribution in [0, 0.1) is 5.82 Å². The maximum atomic E-state index is 13.3. The minimum atomic E-state index is -0.879. The van der Waals surface area contributed by atoms with E-state index < -0.39 is 23.5 Å². The van der Waals surface area contributed by atoms with Crippen molar-refractivity contribution in [3.63, 3.8) is 0 Å². The van der Waals surface area contributed by atoms with Crippen molar-refractivity contribution in [2.45, 2.75) is 12.6 Å². The van der Waals surface area contributed by atoms with Crippen LogP contribution in [0.3, 0.4) is 0 Å². The summed E-state index contributed by atoms with van der Waals surface area (Å²) in [7, 11) is 0. The lowest BCUT2D eigenvalue weighted by Gasteiger charge is -2.25. The Bertz CT molecular complexity index is 1130. The lowest BCUT2D eigenvalue weighted by atomic mass is 9.95. The van der Waals surface area contributed by atoms with Crippen molar-refractivity contribution in [3.05, 3.63) is 101 Å². The summed E-state index contributed by atoms with van der Waals surface area (Å²) in [6.45, 7) is 0.101. The molecule has 1 aliphatic heterocycles. The molecule has 4 rings (SSSR count). The number of aromatic nitrogens is 1. The van der Waals surface area contributed by atoms with Crippen molar-refractivity contribution in [3.8, 4) is 5.75 Å². The predicted octanol–water partition coefficient (Wildman–Crippen LogP) is 3.55. The Hall–Kier alpha value is -4.00. The maximum Gasteiger partial charge on any atom is 0.295 e. The van der Waals surface area contributed by atoms with E-state index in [1.165, 1.54) is 29.2 Å². The molecule has 1 saturated heterocycles. The fourth-order valence-electron chi connectivity index (χ4n) is 3.50. The van der Waals surface area contributed by atoms with Crippen molar-refractivity contribution in [1.82, 2.24) is 9.88 Å². The number of carbonyl (C=O) groups is 2. The molecule has 150 valence electrons. The first-order valence-corrected chi connectivity index (χ1v) is 9.18. The molecule has 1 unspecified atom stereocenters. The Morgan fingerprint density at radius 1 is 1.03 bits per heavy atom. The van der Waals surface area contributed by atoms with Gasteiger partial charge in [0.1, 0.15) is 17.3 Å². The standard InChI is InChI=1S/C23H17FN2O4/c24-17-7-3-16(4-8-17)21(28)19-20(15-5-9-18(27)10-6-15)26(23(30)22(19)29)13-14-2-1-11-25-12-14/h1-12,20,27-28H,13H2/b21-19+. The SMILES string of the molecule is O=C1C(=O)N(Cc2cccnc2)C(c2ccc(O)cc2)/C1=C(\O)c1ccc(F)cc1. The monoisotopic (exact) mass is 404 g/mol. The van der Waals surface area contributed by atoms with Gasteiger partial charge in [-0.25, -0.2) is 4.39 Å². The Balaban J connectivity index is 1.85. The van der Waals surface area contributed by atoms with Crippen molar-refractivity contribution in [2.24, 2.45) is 0 Å². The molecule has 2 N–H and O–H groups in total. The molecule has 1 fully saturated rings. The van der Waals surface area contributed by atoms with Crippen LogP contribution < -0.4 is 0 Å². The number of ketones is 1. The zero-order valence-electron chi connectivity index (χ0n) is 15.7. The third kappa shape index (κ3) is 3.53. The Kier molecular flexibility index (Phi) is 5.02. The largest absolute Gasteiger partial charge is 0.508 e. The molecular weight excluding hydrogens is 387 g/mol. The van der Waals surface area contributed by atoms with Gasteiger partial charge >= 0.3 is 0 Å². The number of benzene rings is 2. The highest BCUT2D eigenvalue weighted by Crippen LogP contribution is 2.40. The van der Waals surface area contributed by atoms with E-state index >= 15 is 0 Å². The number of pyridine rings is 1. The third-order valence-electron chi connectivity index (χ3n) is 4.94. The molecular formula is C23H17FN2O4. The number of nitrogens with zero attached hydrogens (tertiary/aromatic N) is 2. The lowest BCUT2D eigenvalue weighted by molar-refractivity contribution is -0.140. The minimum absolute atomic E-state index is 0.0292. The van der Waals surface area contributed by atoms with E-state index in [2.05, 4.69) is 4.98 Å². The number of aliphatic hydroxyl groups excluding tert-OH is 1. The van der Waals surface area contributed by atoms with Crippen LogP contribution in [0.2, 0.25) is 0 Å². The normalized spacial score (nSPS) is 18.0. The van der Waals surface area contributed by atoms with Gasteiger partial charge in [-0.3, -0.25) is 14.6 Å². The van der Waals surface area contributed by atoms with Gasteiger partial charge in [-0.1, -0.05) is 18.2 Å². The van der Waals surface area contributed by atoms with Crippen LogP contribution >= 0.6 is 0 Å². The molecule has 1 aromatic heterocycles. The van der Waals surface area contributed by atoms with E-state index in [-0.39, 0.29) is 29.2 Å². The molecule has 1 atom stereocenters. The van der Waals surface area contributed by atoms with E-state index in [9.17, 15) is 24.2 Å². The molecule has 0 aliphatic carbocycles. The predicted molar refractivity (Wildman–Crippen MR) is 107 cm³/mol. The highest BCUT2D eigenvalue weighted by molar-refractivity contribution is 6.46. The number of aliphatic hydroxyl groups is 1. The summed E-state index contributed by atoms with van der Waals surface area (Å²) in [6.07, 6.45) is 3.19. The van der Waals surface area contributed by atoms with Gasteiger partial charge in [0, 0.05) is 24.5 Å². The number of aromatic hydroxyl groups is 1. The summed E-state index contributed by atoms with van der Waals surface area (Å²) in [5, 5.41) is 20.5. The number of phenolic OH excluding ortho intramolecular Hbond substituents is 1. The van der Waals surface area contributed by atoms with Gasteiger partial charge in [0.05, 0.1) is 11.6 Å². The van der Waals surface area contributed by atoms with E-state index in [4.69, 9.17) is 0 Å². The van der Waals surface area contributed by atoms with E-state index in [1.54, 1.807) is 36.7 Å². The molecule has 0 spiro atoms. The molecule has 30 heavy (non-hydrogen) atoms. The summed E-state index contributed by atoms with van der Waals surface area (Å²) in [6, 6.07) is 13.7. The summed E-state index contributed by atoms with van der Waals surface area (Å²) < 4.78 is 13.3. The van der Waals surface area contributed by atoms with Crippen LogP contribution in [-0.4, -0.2) is 31.8 Å². The molecule has 2 heterocycles. The number of likely N-dealkylation sites (tertiary alicyclic amines) is 1. The van der Waals surface area contributed by atoms with Gasteiger partial charge in [0.15, 0.2) is 0 Å². The Labute approximate surface area is 171 Å². The van der Waals surface area contributed by atoms with Crippen molar-refractivity contribution in [2.75, 3.05) is 0 Å². The zero-order valence-corrected chi connectivity index (χ0v) is 15.7. The van der Waals surface area contributed by atoms with Crippen LogP contribution in [0.25, 0.3) is 5.76 Å². The number of amides is 1. The second-order valence-electron chi connectivity index (χ2n) is 6.89. The number of halogens is 1. The van der Waals surface area contributed by atoms with Crippen LogP contribution in [-0.2, 0) is 16.1 Å². The van der Waals surface area contributed by atoms with Crippen LogP contribution in [0.15, 0.2) is 78.6 Å². The highest BCUT2D eigenvalue weighted by Gasteiger charge is 2.46. The average molecular weight is 404 g/mol. The summed E-state index contributed by atoms with van der Waals surface area (Å²) >= 11 is 0. The fourth-order valence-corrected chi connectivity index (χ4v) is 3.50. The molecule has 0 bridgehead atoms. The van der Waals surface area contributed by atoms with Crippen LogP contribution in [0.5, 0.6) is 5.75 Å². The molecule has 0 radical (unpaired) electrons. The lowest BCUT2D eigenvalue weighted by Crippen LogP contribution is -2.29. The van der Waals surface area contributed by atoms with Gasteiger partial charge in [-0.05, 0) is 53.6 Å². The summed E-state index contributed by atoms with van der Waals surface area (Å²) in [5.41, 5.74) is 1.38. The van der Waals surface area contributed by atoms with Crippen LogP contribution in [0.4, 0.5) is 4.39 Å². The number of carbonyl (C=O) groups excluding carboxylic acids is 2. The highest BCUT2D eigenvalue weighted by atomic mass is 19.1. The van der Waals surface area contributed by atoms with E-state index in [0.717, 1.165) is 12.1 Å². The first-order chi connectivity index (χ1) is 14.5. The molecule has 1 amide bonds. The quantitative estimate of drug-likeness (QED) is 0.394. The number of hydrogen-bond acceptors (Lipinski definition) is 5. The fraction of sp³-hybridized carbons (Fsp3) is 0.0870. The Morgan fingerprint density at radius 3 is 2.37 bits per heavy atom. The maximum absolute atomic E-state index is 13.3. The van der Waals surface area contributed by atoms with Crippen molar-refractivity contribution < 1.29 is 24.2 Å². The number of rotatable bonds is 4. The number of Topliss-reactive ketones (excluding diaryl/α,β-unsaturated/α-hetero) is 1. The van der Waals surface area contributed by atoms with E-state index in [1.807, 2.05) is 0 Å².